The highest BCUT2D eigenvalue weighted by Gasteiger charge is 2.01. The average molecular weight is 210 g/mol. The molecular formula is C12H18O3. The van der Waals surface area contributed by atoms with Crippen LogP contribution in [0.1, 0.15) is 31.7 Å². The monoisotopic (exact) mass is 210 g/mol. The second-order valence-electron chi connectivity index (χ2n) is 3.25. The van der Waals surface area contributed by atoms with Crippen molar-refractivity contribution in [3.63, 3.8) is 0 Å². The first kappa shape index (κ1) is 13.7. The van der Waals surface area contributed by atoms with Gasteiger partial charge in [-0.2, -0.15) is 0 Å². The minimum absolute atomic E-state index is 0. The van der Waals surface area contributed by atoms with Gasteiger partial charge in [0.2, 0.25) is 0 Å². The fourth-order valence-electron chi connectivity index (χ4n) is 1.13. The molecule has 0 heterocycles. The molecule has 0 fully saturated rings. The van der Waals surface area contributed by atoms with Crippen LogP contribution >= 0.6 is 0 Å². The molecule has 84 valence electrons. The van der Waals surface area contributed by atoms with Gasteiger partial charge in [-0.1, -0.05) is 43.7 Å². The van der Waals surface area contributed by atoms with Crippen molar-refractivity contribution in [1.29, 1.82) is 0 Å². The first-order valence-corrected chi connectivity index (χ1v) is 5.02. The molecule has 2 N–H and O–H groups in total. The Morgan fingerprint density at radius 3 is 2.53 bits per heavy atom. The number of ether oxygens (including phenoxy) is 1. The lowest BCUT2D eigenvalue weighted by molar-refractivity contribution is -0.145. The van der Waals surface area contributed by atoms with Crippen LogP contribution in [-0.2, 0) is 16.1 Å². The van der Waals surface area contributed by atoms with E-state index < -0.39 is 0 Å². The Hall–Kier alpha value is -1.35. The Kier molecular flexibility index (Phi) is 7.28. The molecule has 0 saturated carbocycles. The number of hydrogen-bond acceptors (Lipinski definition) is 2. The second-order valence-corrected chi connectivity index (χ2v) is 3.25. The molecule has 15 heavy (non-hydrogen) atoms. The summed E-state index contributed by atoms with van der Waals surface area (Å²) in [6.07, 6.45) is 2.47. The van der Waals surface area contributed by atoms with E-state index in [2.05, 4.69) is 6.92 Å². The molecule has 0 bridgehead atoms. The van der Waals surface area contributed by atoms with E-state index >= 15 is 0 Å². The molecule has 0 amide bonds. The number of carbonyl (C=O) groups excluding carboxylic acids is 1. The van der Waals surface area contributed by atoms with Crippen molar-refractivity contribution in [2.75, 3.05) is 0 Å². The summed E-state index contributed by atoms with van der Waals surface area (Å²) in [5.41, 5.74) is 1.04. The predicted octanol–water partition coefficient (Wildman–Crippen LogP) is 2.10. The molecule has 0 aliphatic carbocycles. The molecule has 0 radical (unpaired) electrons. The summed E-state index contributed by atoms with van der Waals surface area (Å²) in [5.74, 6) is -0.101. The van der Waals surface area contributed by atoms with Crippen LogP contribution < -0.4 is 0 Å². The average Bonchev–Trinajstić information content (AvgIpc) is 2.25. The number of rotatable bonds is 5. The summed E-state index contributed by atoms with van der Waals surface area (Å²) in [5, 5.41) is 0. The van der Waals surface area contributed by atoms with Gasteiger partial charge in [-0.15, -0.1) is 0 Å². The molecule has 0 unspecified atom stereocenters. The Bertz CT molecular complexity index is 269. The third kappa shape index (κ3) is 5.86. The first-order valence-electron chi connectivity index (χ1n) is 5.02. The van der Waals surface area contributed by atoms with Crippen molar-refractivity contribution in [2.24, 2.45) is 0 Å². The number of carbonyl (C=O) groups is 1. The van der Waals surface area contributed by atoms with Crippen LogP contribution in [0.4, 0.5) is 0 Å². The molecule has 0 aliphatic heterocycles. The number of benzene rings is 1. The molecule has 3 heteroatoms. The fourth-order valence-corrected chi connectivity index (χ4v) is 1.13. The van der Waals surface area contributed by atoms with Gasteiger partial charge < -0.3 is 10.2 Å². The Labute approximate surface area is 90.4 Å². The van der Waals surface area contributed by atoms with E-state index in [1.807, 2.05) is 30.3 Å². The Morgan fingerprint density at radius 2 is 1.93 bits per heavy atom. The van der Waals surface area contributed by atoms with Crippen LogP contribution in [0.2, 0.25) is 0 Å². The van der Waals surface area contributed by atoms with Crippen molar-refractivity contribution >= 4 is 5.97 Å². The zero-order chi connectivity index (χ0) is 10.2. The Morgan fingerprint density at radius 1 is 1.27 bits per heavy atom. The maximum absolute atomic E-state index is 11.2. The zero-order valence-corrected chi connectivity index (χ0v) is 9.03. The van der Waals surface area contributed by atoms with Crippen molar-refractivity contribution in [3.8, 4) is 0 Å². The van der Waals surface area contributed by atoms with Gasteiger partial charge in [0.15, 0.2) is 0 Å². The van der Waals surface area contributed by atoms with Crippen LogP contribution in [0.15, 0.2) is 30.3 Å². The molecule has 0 saturated heterocycles. The maximum atomic E-state index is 11.2. The third-order valence-electron chi connectivity index (χ3n) is 1.98. The molecule has 0 atom stereocenters. The van der Waals surface area contributed by atoms with Crippen LogP contribution in [0.25, 0.3) is 0 Å². The summed E-state index contributed by atoms with van der Waals surface area (Å²) >= 11 is 0. The lowest BCUT2D eigenvalue weighted by atomic mass is 10.2. The number of esters is 1. The minimum Gasteiger partial charge on any atom is -0.461 e. The largest absolute Gasteiger partial charge is 0.461 e. The topological polar surface area (TPSA) is 57.8 Å². The van der Waals surface area contributed by atoms with E-state index in [9.17, 15) is 4.79 Å². The summed E-state index contributed by atoms with van der Waals surface area (Å²) in [6.45, 7) is 2.45. The third-order valence-corrected chi connectivity index (χ3v) is 1.98. The predicted molar refractivity (Wildman–Crippen MR) is 59.4 cm³/mol. The highest BCUT2D eigenvalue weighted by atomic mass is 16.5. The van der Waals surface area contributed by atoms with Gasteiger partial charge in [0.05, 0.1) is 0 Å². The molecule has 0 spiro atoms. The number of hydrogen-bond donors (Lipinski definition) is 0. The van der Waals surface area contributed by atoms with Gasteiger partial charge in [0.1, 0.15) is 6.61 Å². The van der Waals surface area contributed by atoms with E-state index in [1.54, 1.807) is 0 Å². The molecular weight excluding hydrogens is 192 g/mol. The summed E-state index contributed by atoms with van der Waals surface area (Å²) in [6, 6.07) is 9.73. The second kappa shape index (κ2) is 8.00. The van der Waals surface area contributed by atoms with Gasteiger partial charge in [-0.05, 0) is 12.0 Å². The van der Waals surface area contributed by atoms with Crippen LogP contribution in [-0.4, -0.2) is 11.4 Å². The van der Waals surface area contributed by atoms with Gasteiger partial charge in [-0.25, -0.2) is 0 Å². The number of unbranched alkanes of at least 4 members (excludes halogenated alkanes) is 1. The summed E-state index contributed by atoms with van der Waals surface area (Å²) < 4.78 is 5.09. The highest BCUT2D eigenvalue weighted by Crippen LogP contribution is 2.03. The zero-order valence-electron chi connectivity index (χ0n) is 9.03. The van der Waals surface area contributed by atoms with Gasteiger partial charge in [-0.3, -0.25) is 4.79 Å². The van der Waals surface area contributed by atoms with E-state index in [1.165, 1.54) is 0 Å². The standard InChI is InChI=1S/C12H16O2.H2O/c1-2-3-9-12(13)14-10-11-7-5-4-6-8-11;/h4-8H,2-3,9-10H2,1H3;1H2. The Balaban J connectivity index is 0.00000196. The smallest absolute Gasteiger partial charge is 0.306 e. The summed E-state index contributed by atoms with van der Waals surface area (Å²) in [4.78, 5) is 11.2. The van der Waals surface area contributed by atoms with E-state index in [0.29, 0.717) is 13.0 Å². The van der Waals surface area contributed by atoms with Crippen molar-refractivity contribution in [1.82, 2.24) is 0 Å². The van der Waals surface area contributed by atoms with E-state index in [4.69, 9.17) is 4.74 Å². The van der Waals surface area contributed by atoms with E-state index in [-0.39, 0.29) is 11.4 Å². The minimum atomic E-state index is -0.101. The molecule has 0 aromatic heterocycles. The van der Waals surface area contributed by atoms with Crippen molar-refractivity contribution in [3.05, 3.63) is 35.9 Å². The normalized spacial score (nSPS) is 9.13. The van der Waals surface area contributed by atoms with Crippen LogP contribution in [0, 0.1) is 0 Å². The fraction of sp³-hybridized carbons (Fsp3) is 0.417. The molecule has 1 aromatic carbocycles. The van der Waals surface area contributed by atoms with Gasteiger partial charge in [0, 0.05) is 6.42 Å². The van der Waals surface area contributed by atoms with Crippen molar-refractivity contribution < 1.29 is 15.0 Å². The quantitative estimate of drug-likeness (QED) is 0.699. The molecule has 0 aliphatic rings. The lowest BCUT2D eigenvalue weighted by Gasteiger charge is -2.03. The van der Waals surface area contributed by atoms with Gasteiger partial charge >= 0.3 is 5.97 Å². The molecule has 1 aromatic rings. The van der Waals surface area contributed by atoms with E-state index in [0.717, 1.165) is 18.4 Å². The molecule has 1 rings (SSSR count). The summed E-state index contributed by atoms with van der Waals surface area (Å²) in [7, 11) is 0. The first-order chi connectivity index (χ1) is 6.83. The van der Waals surface area contributed by atoms with Gasteiger partial charge in [0.25, 0.3) is 0 Å². The lowest BCUT2D eigenvalue weighted by Crippen LogP contribution is -2.03. The van der Waals surface area contributed by atoms with Crippen LogP contribution in [0.5, 0.6) is 0 Å². The SMILES string of the molecule is CCCCC(=O)OCc1ccccc1.O. The highest BCUT2D eigenvalue weighted by molar-refractivity contribution is 5.69. The van der Waals surface area contributed by atoms with Crippen LogP contribution in [0.3, 0.4) is 0 Å². The maximum Gasteiger partial charge on any atom is 0.306 e. The van der Waals surface area contributed by atoms with Crippen molar-refractivity contribution in [2.45, 2.75) is 32.8 Å². The molecule has 3 nitrogen and oxygen atoms in total.